The number of benzene rings is 4. The fourth-order valence-electron chi connectivity index (χ4n) is 4.05. The maximum Gasteiger partial charge on any atom is 0.271 e. The molecule has 1 aliphatic heterocycles. The van der Waals surface area contributed by atoms with E-state index >= 15 is 0 Å². The number of sulfonamides is 1. The van der Waals surface area contributed by atoms with E-state index in [9.17, 15) is 13.2 Å². The van der Waals surface area contributed by atoms with Crippen molar-refractivity contribution in [2.24, 2.45) is 5.10 Å². The Labute approximate surface area is 197 Å². The zero-order valence-corrected chi connectivity index (χ0v) is 19.1. The predicted octanol–water partition coefficient (Wildman–Crippen LogP) is 4.32. The molecular formula is C26H21N3O4S. The molecule has 8 heteroatoms. The van der Waals surface area contributed by atoms with E-state index in [0.717, 1.165) is 21.9 Å². The Morgan fingerprint density at radius 1 is 0.971 bits per heavy atom. The van der Waals surface area contributed by atoms with E-state index in [2.05, 4.69) is 10.5 Å². The molecule has 4 aromatic rings. The van der Waals surface area contributed by atoms with Gasteiger partial charge in [-0.2, -0.15) is 5.10 Å². The van der Waals surface area contributed by atoms with E-state index in [4.69, 9.17) is 4.74 Å². The Morgan fingerprint density at radius 3 is 2.47 bits per heavy atom. The van der Waals surface area contributed by atoms with Gasteiger partial charge in [-0.1, -0.05) is 48.5 Å². The number of hydrazone groups is 1. The van der Waals surface area contributed by atoms with Gasteiger partial charge in [-0.3, -0.25) is 9.10 Å². The first-order valence-electron chi connectivity index (χ1n) is 10.6. The summed E-state index contributed by atoms with van der Waals surface area (Å²) in [5.41, 5.74) is 5.08. The maximum absolute atomic E-state index is 13.2. The zero-order chi connectivity index (χ0) is 23.7. The Bertz CT molecular complexity index is 1520. The van der Waals surface area contributed by atoms with Crippen LogP contribution in [0.5, 0.6) is 5.75 Å². The average molecular weight is 472 g/mol. The van der Waals surface area contributed by atoms with Gasteiger partial charge in [0.2, 0.25) is 0 Å². The molecule has 0 fully saturated rings. The number of rotatable bonds is 6. The van der Waals surface area contributed by atoms with E-state index in [1.165, 1.54) is 10.5 Å². The number of nitrogens with one attached hydrogen (secondary N) is 1. The van der Waals surface area contributed by atoms with Crippen molar-refractivity contribution in [3.63, 3.8) is 0 Å². The molecule has 1 N–H and O–H groups in total. The molecule has 0 saturated carbocycles. The Hall–Kier alpha value is -4.17. The van der Waals surface area contributed by atoms with Crippen molar-refractivity contribution in [3.8, 4) is 5.75 Å². The third kappa shape index (κ3) is 3.78. The highest BCUT2D eigenvalue weighted by molar-refractivity contribution is 7.93. The molecule has 0 radical (unpaired) electrons. The van der Waals surface area contributed by atoms with Crippen LogP contribution in [-0.2, 0) is 16.6 Å². The molecule has 0 spiro atoms. The number of para-hydroxylation sites is 1. The SMILES string of the molecule is COc1ccccc1/C=N\NC(=O)c1ccc(CN2c3cccc4cccc(c34)S2(=O)=O)cc1. The van der Waals surface area contributed by atoms with Gasteiger partial charge in [-0.25, -0.2) is 13.8 Å². The lowest BCUT2D eigenvalue weighted by Gasteiger charge is -2.19. The number of nitrogens with zero attached hydrogens (tertiary/aromatic N) is 2. The molecule has 4 aromatic carbocycles. The predicted molar refractivity (Wildman–Crippen MR) is 132 cm³/mol. The van der Waals surface area contributed by atoms with Crippen molar-refractivity contribution in [2.45, 2.75) is 11.4 Å². The Kier molecular flexibility index (Phi) is 5.51. The van der Waals surface area contributed by atoms with Crippen LogP contribution in [0.1, 0.15) is 21.5 Å². The fourth-order valence-corrected chi connectivity index (χ4v) is 5.75. The summed E-state index contributed by atoms with van der Waals surface area (Å²) in [4.78, 5) is 12.8. The average Bonchev–Trinajstić information content (AvgIpc) is 3.08. The summed E-state index contributed by atoms with van der Waals surface area (Å²) in [5, 5.41) is 5.64. The summed E-state index contributed by atoms with van der Waals surface area (Å²) in [6.07, 6.45) is 1.52. The minimum atomic E-state index is -3.64. The first kappa shape index (κ1) is 21.7. The molecule has 34 heavy (non-hydrogen) atoms. The molecule has 0 saturated heterocycles. The number of amides is 1. The second-order valence-corrected chi connectivity index (χ2v) is 9.61. The van der Waals surface area contributed by atoms with Crippen molar-refractivity contribution < 1.29 is 17.9 Å². The summed E-state index contributed by atoms with van der Waals surface area (Å²) in [6.45, 7) is 0.171. The molecule has 5 rings (SSSR count). The molecule has 1 aliphatic rings. The number of hydrogen-bond acceptors (Lipinski definition) is 5. The maximum atomic E-state index is 13.2. The molecule has 0 atom stereocenters. The number of hydrogen-bond donors (Lipinski definition) is 1. The van der Waals surface area contributed by atoms with Crippen molar-refractivity contribution in [1.82, 2.24) is 5.43 Å². The van der Waals surface area contributed by atoms with E-state index < -0.39 is 10.0 Å². The smallest absolute Gasteiger partial charge is 0.271 e. The van der Waals surface area contributed by atoms with Crippen LogP contribution in [0.15, 0.2) is 94.9 Å². The molecule has 0 aromatic heterocycles. The van der Waals surface area contributed by atoms with Crippen LogP contribution in [0.3, 0.4) is 0 Å². The summed E-state index contributed by atoms with van der Waals surface area (Å²) >= 11 is 0. The summed E-state index contributed by atoms with van der Waals surface area (Å²) < 4.78 is 33.0. The van der Waals surface area contributed by atoms with Gasteiger partial charge in [0.1, 0.15) is 5.75 Å². The second kappa shape index (κ2) is 8.64. The van der Waals surface area contributed by atoms with Gasteiger partial charge >= 0.3 is 0 Å². The minimum Gasteiger partial charge on any atom is -0.496 e. The molecular weight excluding hydrogens is 450 g/mol. The molecule has 0 aliphatic carbocycles. The molecule has 1 amide bonds. The second-order valence-electron chi connectivity index (χ2n) is 7.78. The minimum absolute atomic E-state index is 0.171. The van der Waals surface area contributed by atoms with Gasteiger partial charge in [-0.15, -0.1) is 0 Å². The molecule has 1 heterocycles. The lowest BCUT2D eigenvalue weighted by Crippen LogP contribution is -2.26. The van der Waals surface area contributed by atoms with Crippen molar-refractivity contribution >= 4 is 38.6 Å². The van der Waals surface area contributed by atoms with Gasteiger partial charge in [0.15, 0.2) is 0 Å². The summed E-state index contributed by atoms with van der Waals surface area (Å²) in [6, 6.07) is 25.0. The highest BCUT2D eigenvalue weighted by Gasteiger charge is 2.35. The highest BCUT2D eigenvalue weighted by Crippen LogP contribution is 2.42. The number of carbonyl (C=O) groups is 1. The van der Waals surface area contributed by atoms with Crippen molar-refractivity contribution in [3.05, 3.63) is 102 Å². The normalized spacial score (nSPS) is 14.0. The zero-order valence-electron chi connectivity index (χ0n) is 18.3. The lowest BCUT2D eigenvalue weighted by atomic mass is 10.1. The van der Waals surface area contributed by atoms with E-state index in [1.807, 2.05) is 42.5 Å². The van der Waals surface area contributed by atoms with Gasteiger partial charge in [0.25, 0.3) is 15.9 Å². The van der Waals surface area contributed by atoms with Gasteiger partial charge in [0, 0.05) is 16.5 Å². The number of methoxy groups -OCH3 is 1. The number of carbonyl (C=O) groups excluding carboxylic acids is 1. The Balaban J connectivity index is 1.31. The van der Waals surface area contributed by atoms with Gasteiger partial charge < -0.3 is 4.74 Å². The topological polar surface area (TPSA) is 88.1 Å². The van der Waals surface area contributed by atoms with Crippen molar-refractivity contribution in [2.75, 3.05) is 11.4 Å². The Morgan fingerprint density at radius 2 is 1.71 bits per heavy atom. The van der Waals surface area contributed by atoms with Crippen LogP contribution in [0.2, 0.25) is 0 Å². The van der Waals surface area contributed by atoms with Crippen LogP contribution in [0.4, 0.5) is 5.69 Å². The quantitative estimate of drug-likeness (QED) is 0.335. The monoisotopic (exact) mass is 471 g/mol. The number of ether oxygens (including phenoxy) is 1. The first-order chi connectivity index (χ1) is 16.5. The van der Waals surface area contributed by atoms with Crippen LogP contribution in [-0.4, -0.2) is 27.6 Å². The van der Waals surface area contributed by atoms with E-state index in [1.54, 1.807) is 49.6 Å². The van der Waals surface area contributed by atoms with Crippen LogP contribution >= 0.6 is 0 Å². The van der Waals surface area contributed by atoms with Crippen molar-refractivity contribution in [1.29, 1.82) is 0 Å². The van der Waals surface area contributed by atoms with E-state index in [0.29, 0.717) is 21.9 Å². The lowest BCUT2D eigenvalue weighted by molar-refractivity contribution is 0.0955. The number of anilines is 1. The van der Waals surface area contributed by atoms with Gasteiger partial charge in [-0.05, 0) is 47.3 Å². The molecule has 0 bridgehead atoms. The molecule has 170 valence electrons. The van der Waals surface area contributed by atoms with Crippen LogP contribution in [0, 0.1) is 0 Å². The largest absolute Gasteiger partial charge is 0.496 e. The molecule has 7 nitrogen and oxygen atoms in total. The fraction of sp³-hybridized carbons (Fsp3) is 0.0769. The van der Waals surface area contributed by atoms with Crippen LogP contribution < -0.4 is 14.5 Å². The van der Waals surface area contributed by atoms with E-state index in [-0.39, 0.29) is 12.5 Å². The summed E-state index contributed by atoms with van der Waals surface area (Å²) in [7, 11) is -2.07. The van der Waals surface area contributed by atoms with Crippen LogP contribution in [0.25, 0.3) is 10.8 Å². The highest BCUT2D eigenvalue weighted by atomic mass is 32.2. The standard InChI is InChI=1S/C26H21N3O4S/c1-33-23-10-3-2-6-21(23)16-27-28-26(30)20-14-12-18(13-15-20)17-29-22-9-4-7-19-8-5-11-24(25(19)22)34(29,31)32/h2-16H,17H2,1H3,(H,28,30)/b27-16-. The third-order valence-corrected chi connectivity index (χ3v) is 7.53. The third-order valence-electron chi connectivity index (χ3n) is 5.73. The first-order valence-corrected chi connectivity index (χ1v) is 12.0. The summed E-state index contributed by atoms with van der Waals surface area (Å²) in [5.74, 6) is 0.281. The van der Waals surface area contributed by atoms with Gasteiger partial charge in [0.05, 0.1) is 30.5 Å². The molecule has 0 unspecified atom stereocenters.